The average molecular weight is 299 g/mol. The second kappa shape index (κ2) is 6.32. The van der Waals surface area contributed by atoms with Gasteiger partial charge in [-0.3, -0.25) is 9.69 Å². The molecule has 1 aliphatic rings. The topological polar surface area (TPSA) is 49.6 Å². The van der Waals surface area contributed by atoms with Crippen LogP contribution in [0.15, 0.2) is 41.1 Å². The minimum absolute atomic E-state index is 0.0454. The number of amides is 1. The van der Waals surface area contributed by atoms with Crippen LogP contribution in [0.5, 0.6) is 0 Å². The largest absolute Gasteiger partial charge is 0.443 e. The molecule has 2 aromatic rings. The number of carbonyl (C=O) groups excluding carboxylic acids is 1. The van der Waals surface area contributed by atoms with Gasteiger partial charge in [-0.25, -0.2) is 4.98 Å². The van der Waals surface area contributed by atoms with Crippen LogP contribution in [0.2, 0.25) is 0 Å². The second-order valence-corrected chi connectivity index (χ2v) is 5.82. The SMILES string of the molecule is CC(C)N1CCN(C(=O)c2ncoc2-c2ccccc2)CC1. The third-order valence-electron chi connectivity index (χ3n) is 4.14. The molecule has 1 fully saturated rings. The van der Waals surface area contributed by atoms with E-state index in [4.69, 9.17) is 4.42 Å². The van der Waals surface area contributed by atoms with Gasteiger partial charge in [0.1, 0.15) is 0 Å². The van der Waals surface area contributed by atoms with Gasteiger partial charge in [0.25, 0.3) is 5.91 Å². The number of hydrogen-bond acceptors (Lipinski definition) is 4. The standard InChI is InChI=1S/C17H21N3O2/c1-13(2)19-8-10-20(11-9-19)17(21)15-16(22-12-18-15)14-6-4-3-5-7-14/h3-7,12-13H,8-11H2,1-2H3. The lowest BCUT2D eigenvalue weighted by Gasteiger charge is -2.36. The molecule has 5 heteroatoms. The molecule has 3 rings (SSSR count). The van der Waals surface area contributed by atoms with Crippen LogP contribution < -0.4 is 0 Å². The zero-order chi connectivity index (χ0) is 15.5. The number of hydrogen-bond donors (Lipinski definition) is 0. The molecule has 0 aliphatic carbocycles. The van der Waals surface area contributed by atoms with Gasteiger partial charge in [-0.05, 0) is 13.8 Å². The van der Waals surface area contributed by atoms with E-state index in [0.717, 1.165) is 31.7 Å². The highest BCUT2D eigenvalue weighted by Crippen LogP contribution is 2.24. The fourth-order valence-electron chi connectivity index (χ4n) is 2.78. The van der Waals surface area contributed by atoms with Gasteiger partial charge in [0.15, 0.2) is 17.8 Å². The highest BCUT2D eigenvalue weighted by molar-refractivity contribution is 5.97. The number of benzene rings is 1. The normalized spacial score (nSPS) is 16.2. The Hall–Kier alpha value is -2.14. The lowest BCUT2D eigenvalue weighted by atomic mass is 10.1. The molecule has 1 aromatic heterocycles. The van der Waals surface area contributed by atoms with Gasteiger partial charge >= 0.3 is 0 Å². The van der Waals surface area contributed by atoms with Crippen molar-refractivity contribution >= 4 is 5.91 Å². The molecule has 1 aliphatic heterocycles. The maximum Gasteiger partial charge on any atom is 0.276 e. The third-order valence-corrected chi connectivity index (χ3v) is 4.14. The Bertz CT molecular complexity index is 628. The predicted octanol–water partition coefficient (Wildman–Crippen LogP) is 2.51. The number of piperazine rings is 1. The zero-order valence-corrected chi connectivity index (χ0v) is 13.0. The van der Waals surface area contributed by atoms with Crippen LogP contribution in [0.1, 0.15) is 24.3 Å². The highest BCUT2D eigenvalue weighted by Gasteiger charge is 2.27. The number of nitrogens with zero attached hydrogens (tertiary/aromatic N) is 3. The maximum absolute atomic E-state index is 12.7. The van der Waals surface area contributed by atoms with E-state index in [1.807, 2.05) is 35.2 Å². The van der Waals surface area contributed by atoms with Crippen LogP contribution in [-0.4, -0.2) is 52.9 Å². The first kappa shape index (κ1) is 14.8. The molecule has 1 saturated heterocycles. The number of oxazole rings is 1. The van der Waals surface area contributed by atoms with Gasteiger partial charge in [0.2, 0.25) is 0 Å². The van der Waals surface area contributed by atoms with Crippen molar-refractivity contribution in [2.75, 3.05) is 26.2 Å². The van der Waals surface area contributed by atoms with Crippen LogP contribution in [0, 0.1) is 0 Å². The van der Waals surface area contributed by atoms with Crippen LogP contribution in [0.25, 0.3) is 11.3 Å². The fraction of sp³-hybridized carbons (Fsp3) is 0.412. The van der Waals surface area contributed by atoms with Crippen molar-refractivity contribution < 1.29 is 9.21 Å². The molecule has 0 N–H and O–H groups in total. The van der Waals surface area contributed by atoms with Crippen molar-refractivity contribution in [3.05, 3.63) is 42.4 Å². The molecule has 0 atom stereocenters. The van der Waals surface area contributed by atoms with Gasteiger partial charge in [0, 0.05) is 37.8 Å². The molecular formula is C17H21N3O2. The summed E-state index contributed by atoms with van der Waals surface area (Å²) < 4.78 is 5.45. The molecule has 116 valence electrons. The monoisotopic (exact) mass is 299 g/mol. The summed E-state index contributed by atoms with van der Waals surface area (Å²) in [5.74, 6) is 0.507. The third kappa shape index (κ3) is 2.90. The Morgan fingerprint density at radius 1 is 1.14 bits per heavy atom. The van der Waals surface area contributed by atoms with Crippen molar-refractivity contribution in [3.63, 3.8) is 0 Å². The number of aromatic nitrogens is 1. The molecule has 0 radical (unpaired) electrons. The predicted molar refractivity (Wildman–Crippen MR) is 84.6 cm³/mol. The first-order chi connectivity index (χ1) is 10.7. The lowest BCUT2D eigenvalue weighted by Crippen LogP contribution is -2.50. The first-order valence-corrected chi connectivity index (χ1v) is 7.69. The van der Waals surface area contributed by atoms with E-state index in [1.54, 1.807) is 0 Å². The van der Waals surface area contributed by atoms with E-state index in [1.165, 1.54) is 6.39 Å². The maximum atomic E-state index is 12.7. The Morgan fingerprint density at radius 3 is 2.45 bits per heavy atom. The van der Waals surface area contributed by atoms with Crippen molar-refractivity contribution in [1.82, 2.24) is 14.8 Å². The summed E-state index contributed by atoms with van der Waals surface area (Å²) in [6.07, 6.45) is 1.35. The molecule has 2 heterocycles. The summed E-state index contributed by atoms with van der Waals surface area (Å²) >= 11 is 0. The lowest BCUT2D eigenvalue weighted by molar-refractivity contribution is 0.0591. The number of carbonyl (C=O) groups is 1. The summed E-state index contributed by atoms with van der Waals surface area (Å²) in [5.41, 5.74) is 1.29. The first-order valence-electron chi connectivity index (χ1n) is 7.69. The van der Waals surface area contributed by atoms with Crippen molar-refractivity contribution in [1.29, 1.82) is 0 Å². The molecule has 5 nitrogen and oxygen atoms in total. The Labute approximate surface area is 130 Å². The zero-order valence-electron chi connectivity index (χ0n) is 13.0. The van der Waals surface area contributed by atoms with Crippen LogP contribution >= 0.6 is 0 Å². The molecule has 1 aromatic carbocycles. The van der Waals surface area contributed by atoms with Gasteiger partial charge in [0.05, 0.1) is 0 Å². The molecule has 0 unspecified atom stereocenters. The van der Waals surface area contributed by atoms with Gasteiger partial charge in [-0.15, -0.1) is 0 Å². The van der Waals surface area contributed by atoms with E-state index >= 15 is 0 Å². The highest BCUT2D eigenvalue weighted by atomic mass is 16.3. The second-order valence-electron chi connectivity index (χ2n) is 5.82. The van der Waals surface area contributed by atoms with Gasteiger partial charge in [-0.1, -0.05) is 30.3 Å². The van der Waals surface area contributed by atoms with E-state index in [-0.39, 0.29) is 5.91 Å². The molecule has 0 saturated carbocycles. The van der Waals surface area contributed by atoms with E-state index in [9.17, 15) is 4.79 Å². The Morgan fingerprint density at radius 2 is 1.82 bits per heavy atom. The number of rotatable bonds is 3. The molecule has 0 spiro atoms. The smallest absolute Gasteiger partial charge is 0.276 e. The van der Waals surface area contributed by atoms with E-state index in [0.29, 0.717) is 17.5 Å². The van der Waals surface area contributed by atoms with Crippen molar-refractivity contribution in [2.45, 2.75) is 19.9 Å². The van der Waals surface area contributed by atoms with Crippen molar-refractivity contribution in [2.24, 2.45) is 0 Å². The van der Waals surface area contributed by atoms with E-state index < -0.39 is 0 Å². The molecule has 22 heavy (non-hydrogen) atoms. The summed E-state index contributed by atoms with van der Waals surface area (Å²) in [7, 11) is 0. The van der Waals surface area contributed by atoms with E-state index in [2.05, 4.69) is 23.7 Å². The summed E-state index contributed by atoms with van der Waals surface area (Å²) in [6.45, 7) is 7.64. The minimum Gasteiger partial charge on any atom is -0.443 e. The van der Waals surface area contributed by atoms with Crippen LogP contribution in [-0.2, 0) is 0 Å². The quantitative estimate of drug-likeness (QED) is 0.874. The summed E-state index contributed by atoms with van der Waals surface area (Å²) in [4.78, 5) is 21.1. The van der Waals surface area contributed by atoms with Crippen molar-refractivity contribution in [3.8, 4) is 11.3 Å². The fourth-order valence-corrected chi connectivity index (χ4v) is 2.78. The van der Waals surface area contributed by atoms with Gasteiger partial charge < -0.3 is 9.32 Å². The minimum atomic E-state index is -0.0454. The van der Waals surface area contributed by atoms with Crippen LogP contribution in [0.4, 0.5) is 0 Å². The summed E-state index contributed by atoms with van der Waals surface area (Å²) in [6, 6.07) is 10.2. The van der Waals surface area contributed by atoms with Crippen LogP contribution in [0.3, 0.4) is 0 Å². The summed E-state index contributed by atoms with van der Waals surface area (Å²) in [5, 5.41) is 0. The molecule has 0 bridgehead atoms. The Balaban J connectivity index is 1.76. The van der Waals surface area contributed by atoms with Gasteiger partial charge in [-0.2, -0.15) is 0 Å². The molecule has 1 amide bonds. The average Bonchev–Trinajstić information content (AvgIpc) is 3.04. The Kier molecular flexibility index (Phi) is 4.24. The molecular weight excluding hydrogens is 278 g/mol.